The Morgan fingerprint density at radius 3 is 2.35 bits per heavy atom. The molecular weight excluding hydrogens is 399 g/mol. The lowest BCUT2D eigenvalue weighted by Gasteiger charge is -2.36. The molecule has 6 heteroatoms. The molecule has 0 bridgehead atoms. The third-order valence-corrected chi connectivity index (χ3v) is 5.92. The molecule has 2 aliphatic heterocycles. The van der Waals surface area contributed by atoms with Gasteiger partial charge in [0.1, 0.15) is 6.54 Å². The van der Waals surface area contributed by atoms with Crippen molar-refractivity contribution < 1.29 is 13.2 Å². The molecule has 3 nitrogen and oxygen atoms in total. The number of alkyl halides is 3. The predicted octanol–water partition coefficient (Wildman–Crippen LogP) is 5.78. The first kappa shape index (κ1) is 21.6. The van der Waals surface area contributed by atoms with Gasteiger partial charge in [0.2, 0.25) is 0 Å². The monoisotopic (exact) mass is 427 g/mol. The summed E-state index contributed by atoms with van der Waals surface area (Å²) in [6.07, 6.45) is -0.0683. The van der Waals surface area contributed by atoms with E-state index < -0.39 is 18.8 Å². The maximum atomic E-state index is 13.4. The van der Waals surface area contributed by atoms with E-state index in [0.29, 0.717) is 6.54 Å². The lowest BCUT2D eigenvalue weighted by atomic mass is 9.83. The molecule has 0 saturated carbocycles. The van der Waals surface area contributed by atoms with Crippen LogP contribution in [-0.4, -0.2) is 48.0 Å². The molecule has 0 spiro atoms. The van der Waals surface area contributed by atoms with Crippen molar-refractivity contribution in [3.05, 3.63) is 77.4 Å². The molecule has 2 aliphatic rings. The van der Waals surface area contributed by atoms with Gasteiger partial charge in [-0.25, -0.2) is 0 Å². The molecule has 31 heavy (non-hydrogen) atoms. The van der Waals surface area contributed by atoms with Crippen molar-refractivity contribution in [1.82, 2.24) is 9.91 Å². The van der Waals surface area contributed by atoms with Gasteiger partial charge in [0, 0.05) is 19.0 Å². The van der Waals surface area contributed by atoms with E-state index >= 15 is 0 Å². The number of likely N-dealkylation sites (tertiary alicyclic amines) is 1. The van der Waals surface area contributed by atoms with Gasteiger partial charge in [-0.3, -0.25) is 9.91 Å². The van der Waals surface area contributed by atoms with E-state index in [0.717, 1.165) is 48.3 Å². The first-order chi connectivity index (χ1) is 14.9. The highest BCUT2D eigenvalue weighted by molar-refractivity contribution is 6.07. The Balaban J connectivity index is 1.74. The summed E-state index contributed by atoms with van der Waals surface area (Å²) >= 11 is 0. The maximum Gasteiger partial charge on any atom is 0.407 e. The van der Waals surface area contributed by atoms with Crippen LogP contribution in [0.2, 0.25) is 0 Å². The second-order valence-electron chi connectivity index (χ2n) is 8.33. The lowest BCUT2D eigenvalue weighted by Crippen LogP contribution is -2.44. The number of rotatable bonds is 6. The number of unbranched alkanes of at least 4 members (excludes halogenated alkanes) is 1. The van der Waals surface area contributed by atoms with E-state index in [1.807, 2.05) is 60.7 Å². The number of fused-ring (bicyclic) bond motifs is 1. The van der Waals surface area contributed by atoms with Gasteiger partial charge in [-0.05, 0) is 35.7 Å². The van der Waals surface area contributed by atoms with Crippen molar-refractivity contribution in [2.45, 2.75) is 32.0 Å². The average molecular weight is 428 g/mol. The topological polar surface area (TPSA) is 18.8 Å². The van der Waals surface area contributed by atoms with E-state index in [1.54, 1.807) is 0 Å². The van der Waals surface area contributed by atoms with Crippen LogP contribution in [0.15, 0.2) is 71.3 Å². The fraction of sp³-hybridized carbons (Fsp3) is 0.400. The number of nitrogens with zero attached hydrogens (tertiary/aromatic N) is 3. The summed E-state index contributed by atoms with van der Waals surface area (Å²) < 4.78 is 40.3. The molecule has 4 rings (SSSR count). The molecule has 2 heterocycles. The fourth-order valence-electron chi connectivity index (χ4n) is 4.58. The Morgan fingerprint density at radius 2 is 1.71 bits per heavy atom. The summed E-state index contributed by atoms with van der Waals surface area (Å²) in [5.74, 6) is -0.0923. The number of hydrazone groups is 1. The molecule has 2 unspecified atom stereocenters. The first-order valence-electron chi connectivity index (χ1n) is 10.9. The Kier molecular flexibility index (Phi) is 6.46. The quantitative estimate of drug-likeness (QED) is 0.582. The van der Waals surface area contributed by atoms with E-state index in [9.17, 15) is 13.2 Å². The second-order valence-corrected chi connectivity index (χ2v) is 8.33. The number of benzene rings is 2. The van der Waals surface area contributed by atoms with E-state index in [4.69, 9.17) is 0 Å². The van der Waals surface area contributed by atoms with Gasteiger partial charge >= 0.3 is 6.18 Å². The summed E-state index contributed by atoms with van der Waals surface area (Å²) in [5.41, 5.74) is 3.74. The Morgan fingerprint density at radius 1 is 1.03 bits per heavy atom. The van der Waals surface area contributed by atoms with Crippen molar-refractivity contribution in [3.63, 3.8) is 0 Å². The van der Waals surface area contributed by atoms with Crippen LogP contribution in [0.3, 0.4) is 0 Å². The standard InChI is InChI=1S/C25H28F3N3/c1-2-3-14-30-16-21(15-19-10-6-4-7-11-19)23-22(17-30)24(20-12-8-5-9-13-20)31(29-23)18-25(26,27)28/h4-13,15,22,24H,2-3,14,16-18H2,1H3. The van der Waals surface area contributed by atoms with Gasteiger partial charge < -0.3 is 0 Å². The smallest absolute Gasteiger partial charge is 0.298 e. The molecule has 2 aromatic rings. The highest BCUT2D eigenvalue weighted by atomic mass is 19.4. The van der Waals surface area contributed by atoms with Crippen molar-refractivity contribution in [1.29, 1.82) is 0 Å². The molecule has 0 radical (unpaired) electrons. The Hall–Kier alpha value is -2.60. The SMILES string of the molecule is CCCCN1CC(=Cc2ccccc2)C2=NN(CC(F)(F)F)C(c3ccccc3)C2C1. The number of hydrogen-bond acceptors (Lipinski definition) is 3. The fourth-order valence-corrected chi connectivity index (χ4v) is 4.58. The minimum absolute atomic E-state index is 0.0923. The normalized spacial score (nSPS) is 23.2. The van der Waals surface area contributed by atoms with E-state index in [-0.39, 0.29) is 5.92 Å². The van der Waals surface area contributed by atoms with Crippen molar-refractivity contribution in [2.24, 2.45) is 11.0 Å². The van der Waals surface area contributed by atoms with Crippen LogP contribution in [-0.2, 0) is 0 Å². The van der Waals surface area contributed by atoms with E-state index in [2.05, 4.69) is 23.0 Å². The molecular formula is C25H28F3N3. The summed E-state index contributed by atoms with van der Waals surface area (Å²) in [4.78, 5) is 2.37. The molecule has 0 aliphatic carbocycles. The molecule has 0 N–H and O–H groups in total. The minimum Gasteiger partial charge on any atom is -0.298 e. The summed E-state index contributed by atoms with van der Waals surface area (Å²) in [7, 11) is 0. The highest BCUT2D eigenvalue weighted by Gasteiger charge is 2.46. The number of hydrogen-bond donors (Lipinski definition) is 0. The van der Waals surface area contributed by atoms with Crippen molar-refractivity contribution >= 4 is 11.8 Å². The van der Waals surface area contributed by atoms with E-state index in [1.165, 1.54) is 5.01 Å². The van der Waals surface area contributed by atoms with Gasteiger partial charge in [-0.1, -0.05) is 74.0 Å². The van der Waals surface area contributed by atoms with Crippen LogP contribution >= 0.6 is 0 Å². The zero-order valence-electron chi connectivity index (χ0n) is 17.7. The predicted molar refractivity (Wildman–Crippen MR) is 119 cm³/mol. The van der Waals surface area contributed by atoms with Crippen LogP contribution in [0.4, 0.5) is 13.2 Å². The van der Waals surface area contributed by atoms with Crippen LogP contribution in [0.25, 0.3) is 6.08 Å². The largest absolute Gasteiger partial charge is 0.407 e. The average Bonchev–Trinajstić information content (AvgIpc) is 3.10. The first-order valence-corrected chi connectivity index (χ1v) is 10.9. The number of halogens is 3. The Bertz CT molecular complexity index is 922. The lowest BCUT2D eigenvalue weighted by molar-refractivity contribution is -0.150. The van der Waals surface area contributed by atoms with Crippen LogP contribution < -0.4 is 0 Å². The van der Waals surface area contributed by atoms with Gasteiger partial charge in [0.15, 0.2) is 0 Å². The minimum atomic E-state index is -4.31. The zero-order valence-corrected chi connectivity index (χ0v) is 17.7. The molecule has 0 aromatic heterocycles. The molecule has 1 fully saturated rings. The van der Waals surface area contributed by atoms with Crippen molar-refractivity contribution in [2.75, 3.05) is 26.2 Å². The second kappa shape index (κ2) is 9.27. The van der Waals surface area contributed by atoms with Gasteiger partial charge in [-0.2, -0.15) is 18.3 Å². The molecule has 164 valence electrons. The zero-order chi connectivity index (χ0) is 21.8. The summed E-state index contributed by atoms with van der Waals surface area (Å²) in [6.45, 7) is 3.49. The third-order valence-electron chi connectivity index (χ3n) is 5.92. The van der Waals surface area contributed by atoms with Gasteiger partial charge in [0.05, 0.1) is 11.8 Å². The maximum absolute atomic E-state index is 13.4. The highest BCUT2D eigenvalue weighted by Crippen LogP contribution is 2.42. The summed E-state index contributed by atoms with van der Waals surface area (Å²) in [6, 6.07) is 19.0. The molecule has 2 atom stereocenters. The van der Waals surface area contributed by atoms with Gasteiger partial charge in [0.25, 0.3) is 0 Å². The van der Waals surface area contributed by atoms with Crippen LogP contribution in [0.1, 0.15) is 36.9 Å². The van der Waals surface area contributed by atoms with Crippen LogP contribution in [0, 0.1) is 5.92 Å². The van der Waals surface area contributed by atoms with Crippen molar-refractivity contribution in [3.8, 4) is 0 Å². The summed E-state index contributed by atoms with van der Waals surface area (Å²) in [5, 5.41) is 5.84. The Labute approximate surface area is 181 Å². The van der Waals surface area contributed by atoms with Crippen LogP contribution in [0.5, 0.6) is 0 Å². The number of piperidine rings is 1. The third kappa shape index (κ3) is 5.18. The molecule has 2 aromatic carbocycles. The van der Waals surface area contributed by atoms with Gasteiger partial charge in [-0.15, -0.1) is 0 Å². The molecule has 1 saturated heterocycles. The molecule has 0 amide bonds.